The Balaban J connectivity index is 2.68. The van der Waals surface area contributed by atoms with Crippen LogP contribution in [0.4, 0.5) is 4.79 Å². The van der Waals surface area contributed by atoms with Crippen LogP contribution in [0, 0.1) is 5.41 Å². The van der Waals surface area contributed by atoms with Crippen molar-refractivity contribution in [1.29, 1.82) is 0 Å². The minimum atomic E-state index is -1.06. The van der Waals surface area contributed by atoms with Gasteiger partial charge in [-0.05, 0) is 30.0 Å². The van der Waals surface area contributed by atoms with Gasteiger partial charge in [0.05, 0.1) is 6.04 Å². The topological polar surface area (TPSA) is 78.4 Å². The van der Waals surface area contributed by atoms with E-state index in [1.54, 1.807) is 32.9 Å². The number of halogens is 1. The van der Waals surface area contributed by atoms with Crippen LogP contribution >= 0.6 is 11.6 Å². The Morgan fingerprint density at radius 1 is 1.14 bits per heavy atom. The molecule has 0 aromatic heterocycles. The lowest BCUT2D eigenvalue weighted by atomic mass is 9.87. The summed E-state index contributed by atoms with van der Waals surface area (Å²) in [7, 11) is 0. The van der Waals surface area contributed by atoms with Gasteiger partial charge >= 0.3 is 12.0 Å². The van der Waals surface area contributed by atoms with Gasteiger partial charge in [-0.25, -0.2) is 9.59 Å². The predicted molar refractivity (Wildman–Crippen MR) is 82.4 cm³/mol. The Hall–Kier alpha value is -1.75. The second-order valence-corrected chi connectivity index (χ2v) is 6.46. The van der Waals surface area contributed by atoms with Gasteiger partial charge in [0.2, 0.25) is 0 Å². The average molecular weight is 313 g/mol. The number of carboxylic acid groups (broad SMARTS) is 1. The van der Waals surface area contributed by atoms with Crippen LogP contribution in [0.2, 0.25) is 5.02 Å². The summed E-state index contributed by atoms with van der Waals surface area (Å²) in [5.41, 5.74) is 0.310. The first kappa shape index (κ1) is 17.3. The molecule has 0 bridgehead atoms. The maximum absolute atomic E-state index is 11.9. The van der Waals surface area contributed by atoms with E-state index in [0.29, 0.717) is 5.02 Å². The van der Waals surface area contributed by atoms with Crippen molar-refractivity contribution < 1.29 is 14.7 Å². The van der Waals surface area contributed by atoms with Crippen molar-refractivity contribution in [3.63, 3.8) is 0 Å². The minimum Gasteiger partial charge on any atom is -0.480 e. The van der Waals surface area contributed by atoms with E-state index in [9.17, 15) is 14.7 Å². The van der Waals surface area contributed by atoms with Crippen molar-refractivity contribution in [2.24, 2.45) is 5.41 Å². The lowest BCUT2D eigenvalue weighted by Crippen LogP contribution is -2.52. The number of amides is 2. The molecule has 1 rings (SSSR count). The number of urea groups is 1. The molecular weight excluding hydrogens is 292 g/mol. The molecule has 1 unspecified atom stereocenters. The molecule has 0 radical (unpaired) electrons. The fraction of sp³-hybridized carbons (Fsp3) is 0.467. The highest BCUT2D eigenvalue weighted by Crippen LogP contribution is 2.20. The van der Waals surface area contributed by atoms with E-state index >= 15 is 0 Å². The maximum Gasteiger partial charge on any atom is 0.326 e. The quantitative estimate of drug-likeness (QED) is 0.799. The molecule has 0 aliphatic rings. The van der Waals surface area contributed by atoms with Gasteiger partial charge in [-0.2, -0.15) is 0 Å². The van der Waals surface area contributed by atoms with E-state index in [1.807, 2.05) is 19.1 Å². The Kier molecular flexibility index (Phi) is 5.61. The Labute approximate surface area is 129 Å². The van der Waals surface area contributed by atoms with Crippen molar-refractivity contribution in [3.05, 3.63) is 34.9 Å². The van der Waals surface area contributed by atoms with Crippen LogP contribution in [-0.4, -0.2) is 23.1 Å². The van der Waals surface area contributed by atoms with Crippen molar-refractivity contribution in [2.45, 2.75) is 39.8 Å². The van der Waals surface area contributed by atoms with Gasteiger partial charge in [0.1, 0.15) is 6.04 Å². The smallest absolute Gasteiger partial charge is 0.326 e. The number of carbonyl (C=O) groups is 2. The standard InChI is InChI=1S/C15H21ClN2O3/c1-9(10-5-7-11(16)8-6-10)17-14(21)18-12(13(19)20)15(2,3)4/h5-9,12H,1-4H3,(H,19,20)(H2,17,18,21)/t9?,12-/m0/s1. The molecule has 0 aliphatic heterocycles. The summed E-state index contributed by atoms with van der Waals surface area (Å²) in [6.07, 6.45) is 0. The van der Waals surface area contributed by atoms with Crippen LogP contribution in [0.5, 0.6) is 0 Å². The normalized spacial score (nSPS) is 14.1. The first-order valence-corrected chi connectivity index (χ1v) is 7.04. The van der Waals surface area contributed by atoms with E-state index < -0.39 is 23.5 Å². The fourth-order valence-electron chi connectivity index (χ4n) is 1.85. The Morgan fingerprint density at radius 2 is 1.67 bits per heavy atom. The first-order valence-electron chi connectivity index (χ1n) is 6.66. The van der Waals surface area contributed by atoms with Crippen LogP contribution in [0.1, 0.15) is 39.3 Å². The fourth-order valence-corrected chi connectivity index (χ4v) is 1.98. The number of hydrogen-bond donors (Lipinski definition) is 3. The SMILES string of the molecule is CC(NC(=O)N[C@@H](C(=O)O)C(C)(C)C)c1ccc(Cl)cc1. The van der Waals surface area contributed by atoms with Crippen LogP contribution in [0.3, 0.4) is 0 Å². The molecule has 0 aliphatic carbocycles. The zero-order valence-corrected chi connectivity index (χ0v) is 13.4. The largest absolute Gasteiger partial charge is 0.480 e. The number of carboxylic acids is 1. The summed E-state index contributed by atoms with van der Waals surface area (Å²) in [6.45, 7) is 7.09. The highest BCUT2D eigenvalue weighted by atomic mass is 35.5. The second-order valence-electron chi connectivity index (χ2n) is 6.03. The Morgan fingerprint density at radius 3 is 2.10 bits per heavy atom. The number of hydrogen-bond acceptors (Lipinski definition) is 2. The van der Waals surface area contributed by atoms with E-state index in [-0.39, 0.29) is 6.04 Å². The molecular formula is C15H21ClN2O3. The van der Waals surface area contributed by atoms with E-state index in [2.05, 4.69) is 10.6 Å². The molecule has 0 spiro atoms. The van der Waals surface area contributed by atoms with E-state index in [0.717, 1.165) is 5.56 Å². The van der Waals surface area contributed by atoms with Gasteiger partial charge in [0.25, 0.3) is 0 Å². The molecule has 0 saturated heterocycles. The third-order valence-corrected chi connectivity index (χ3v) is 3.36. The number of benzene rings is 1. The molecule has 3 N–H and O–H groups in total. The molecule has 116 valence electrons. The summed E-state index contributed by atoms with van der Waals surface area (Å²) in [5.74, 6) is -1.06. The molecule has 1 aromatic carbocycles. The molecule has 21 heavy (non-hydrogen) atoms. The van der Waals surface area contributed by atoms with Gasteiger partial charge in [-0.1, -0.05) is 44.5 Å². The number of rotatable bonds is 4. The minimum absolute atomic E-state index is 0.253. The summed E-state index contributed by atoms with van der Waals surface area (Å²) in [4.78, 5) is 23.2. The van der Waals surface area contributed by atoms with Crippen molar-refractivity contribution in [1.82, 2.24) is 10.6 Å². The van der Waals surface area contributed by atoms with Crippen LogP contribution in [0.25, 0.3) is 0 Å². The Bertz CT molecular complexity index is 509. The molecule has 5 nitrogen and oxygen atoms in total. The van der Waals surface area contributed by atoms with E-state index in [4.69, 9.17) is 11.6 Å². The van der Waals surface area contributed by atoms with Crippen molar-refractivity contribution in [2.75, 3.05) is 0 Å². The zero-order chi connectivity index (χ0) is 16.2. The lowest BCUT2D eigenvalue weighted by molar-refractivity contribution is -0.141. The van der Waals surface area contributed by atoms with Crippen molar-refractivity contribution >= 4 is 23.6 Å². The van der Waals surface area contributed by atoms with Gasteiger partial charge in [-0.3, -0.25) is 0 Å². The molecule has 6 heteroatoms. The summed E-state index contributed by atoms with van der Waals surface area (Å²) in [6, 6.07) is 5.37. The van der Waals surface area contributed by atoms with Crippen molar-refractivity contribution in [3.8, 4) is 0 Å². The van der Waals surface area contributed by atoms with Crippen LogP contribution in [0.15, 0.2) is 24.3 Å². The van der Waals surface area contributed by atoms with E-state index in [1.165, 1.54) is 0 Å². The van der Waals surface area contributed by atoms with Crippen LogP contribution < -0.4 is 10.6 Å². The third kappa shape index (κ3) is 5.27. The molecule has 0 fully saturated rings. The second kappa shape index (κ2) is 6.80. The van der Waals surface area contributed by atoms with Gasteiger partial charge in [0, 0.05) is 5.02 Å². The average Bonchev–Trinajstić information content (AvgIpc) is 2.35. The summed E-state index contributed by atoms with van der Waals surface area (Å²) >= 11 is 5.81. The first-order chi connectivity index (χ1) is 9.61. The monoisotopic (exact) mass is 312 g/mol. The molecule has 2 amide bonds. The van der Waals surface area contributed by atoms with Crippen LogP contribution in [-0.2, 0) is 4.79 Å². The molecule has 1 aromatic rings. The molecule has 2 atom stereocenters. The predicted octanol–water partition coefficient (Wildman–Crippen LogP) is 3.20. The summed E-state index contributed by atoms with van der Waals surface area (Å²) in [5, 5.41) is 15.0. The third-order valence-electron chi connectivity index (χ3n) is 3.11. The number of nitrogens with one attached hydrogen (secondary N) is 2. The molecule has 0 saturated carbocycles. The lowest BCUT2D eigenvalue weighted by Gasteiger charge is -2.28. The van der Waals surface area contributed by atoms with Gasteiger partial charge in [-0.15, -0.1) is 0 Å². The van der Waals surface area contributed by atoms with Gasteiger partial charge < -0.3 is 15.7 Å². The molecule has 0 heterocycles. The number of carbonyl (C=O) groups excluding carboxylic acids is 1. The maximum atomic E-state index is 11.9. The highest BCUT2D eigenvalue weighted by molar-refractivity contribution is 6.30. The van der Waals surface area contributed by atoms with Gasteiger partial charge in [0.15, 0.2) is 0 Å². The summed E-state index contributed by atoms with van der Waals surface area (Å²) < 4.78 is 0. The highest BCUT2D eigenvalue weighted by Gasteiger charge is 2.32. The zero-order valence-electron chi connectivity index (χ0n) is 12.6. The number of aliphatic carboxylic acids is 1.